The fraction of sp³-hybridized carbons (Fsp3) is 0.480. The molecule has 0 bridgehead atoms. The van der Waals surface area contributed by atoms with E-state index in [1.807, 2.05) is 24.5 Å². The van der Waals surface area contributed by atoms with Gasteiger partial charge in [-0.25, -0.2) is 4.98 Å². The van der Waals surface area contributed by atoms with Crippen molar-refractivity contribution in [3.05, 3.63) is 54.6 Å². The third kappa shape index (κ3) is 5.97. The van der Waals surface area contributed by atoms with E-state index >= 15 is 0 Å². The van der Waals surface area contributed by atoms with Gasteiger partial charge in [0.1, 0.15) is 10.8 Å². The molecule has 32 heavy (non-hydrogen) atoms. The van der Waals surface area contributed by atoms with Gasteiger partial charge in [0.2, 0.25) is 0 Å². The summed E-state index contributed by atoms with van der Waals surface area (Å²) >= 11 is 1.75. The molecular weight excluding hydrogens is 420 g/mol. The number of methoxy groups -OCH3 is 1. The maximum absolute atomic E-state index is 10.0. The number of hydrogen-bond donors (Lipinski definition) is 1. The zero-order chi connectivity index (χ0) is 22.2. The third-order valence-corrected chi connectivity index (χ3v) is 7.36. The summed E-state index contributed by atoms with van der Waals surface area (Å²) in [6.07, 6.45) is 11.6. The first kappa shape index (κ1) is 23.0. The number of ether oxygens (including phenoxy) is 1. The Kier molecular flexibility index (Phi) is 8.31. The SMILES string of the molecule is COc1ccc2nccc(CCC[C@@H]3CCN(CCSc4cnccn4)C[C@@H]3CO)c2c1. The smallest absolute Gasteiger partial charge is 0.119 e. The maximum Gasteiger partial charge on any atom is 0.119 e. The molecule has 0 radical (unpaired) electrons. The Balaban J connectivity index is 1.26. The van der Waals surface area contributed by atoms with Gasteiger partial charge in [-0.2, -0.15) is 0 Å². The van der Waals surface area contributed by atoms with Crippen LogP contribution in [0.3, 0.4) is 0 Å². The van der Waals surface area contributed by atoms with Crippen molar-refractivity contribution < 1.29 is 9.84 Å². The zero-order valence-corrected chi connectivity index (χ0v) is 19.5. The predicted octanol–water partition coefficient (Wildman–Crippen LogP) is 4.08. The van der Waals surface area contributed by atoms with Gasteiger partial charge in [0.15, 0.2) is 0 Å². The fourth-order valence-corrected chi connectivity index (χ4v) is 5.50. The molecule has 0 saturated carbocycles. The summed E-state index contributed by atoms with van der Waals surface area (Å²) in [6, 6.07) is 8.21. The van der Waals surface area contributed by atoms with Crippen LogP contribution in [0.15, 0.2) is 54.1 Å². The molecule has 0 spiro atoms. The summed E-state index contributed by atoms with van der Waals surface area (Å²) in [5.74, 6) is 2.82. The molecule has 0 unspecified atom stereocenters. The number of pyridine rings is 1. The Labute approximate surface area is 194 Å². The molecule has 1 aromatic carbocycles. The van der Waals surface area contributed by atoms with E-state index in [1.165, 1.54) is 10.9 Å². The summed E-state index contributed by atoms with van der Waals surface area (Å²) in [5.41, 5.74) is 2.34. The summed E-state index contributed by atoms with van der Waals surface area (Å²) in [4.78, 5) is 15.4. The van der Waals surface area contributed by atoms with Crippen LogP contribution in [0.5, 0.6) is 5.75 Å². The van der Waals surface area contributed by atoms with E-state index < -0.39 is 0 Å². The van der Waals surface area contributed by atoms with Crippen molar-refractivity contribution in [2.24, 2.45) is 11.8 Å². The summed E-state index contributed by atoms with van der Waals surface area (Å²) in [7, 11) is 1.70. The average molecular weight is 453 g/mol. The Bertz CT molecular complexity index is 988. The first-order valence-electron chi connectivity index (χ1n) is 11.4. The lowest BCUT2D eigenvalue weighted by molar-refractivity contribution is 0.0710. The summed E-state index contributed by atoms with van der Waals surface area (Å²) in [6.45, 7) is 3.39. The molecule has 170 valence electrons. The van der Waals surface area contributed by atoms with E-state index in [9.17, 15) is 5.11 Å². The van der Waals surface area contributed by atoms with Crippen molar-refractivity contribution >= 4 is 22.7 Å². The van der Waals surface area contributed by atoms with Gasteiger partial charge >= 0.3 is 0 Å². The Morgan fingerprint density at radius 2 is 2.09 bits per heavy atom. The number of aryl methyl sites for hydroxylation is 1. The van der Waals surface area contributed by atoms with E-state index in [-0.39, 0.29) is 6.61 Å². The molecule has 2 atom stereocenters. The third-order valence-electron chi connectivity index (χ3n) is 6.47. The molecule has 2 aromatic heterocycles. The largest absolute Gasteiger partial charge is 0.497 e. The van der Waals surface area contributed by atoms with Crippen LogP contribution in [0.4, 0.5) is 0 Å². The number of thioether (sulfide) groups is 1. The van der Waals surface area contributed by atoms with Crippen molar-refractivity contribution in [3.8, 4) is 5.75 Å². The molecule has 0 aliphatic carbocycles. The fourth-order valence-electron chi connectivity index (χ4n) is 4.67. The van der Waals surface area contributed by atoms with Crippen LogP contribution >= 0.6 is 11.8 Å². The topological polar surface area (TPSA) is 71.4 Å². The van der Waals surface area contributed by atoms with Crippen LogP contribution in [0.1, 0.15) is 24.8 Å². The standard InChI is InChI=1S/C25H32N4O2S/c1-31-22-5-6-24-23(15-22)20(7-9-27-24)4-2-3-19-8-12-29(17-21(19)18-30)13-14-32-25-16-26-10-11-28-25/h5-7,9-11,15-16,19,21,30H,2-4,8,12-14,17-18H2,1H3/t19-,21-/m1/s1. The van der Waals surface area contributed by atoms with Gasteiger partial charge in [0.05, 0.1) is 18.8 Å². The normalized spacial score (nSPS) is 19.3. The summed E-state index contributed by atoms with van der Waals surface area (Å²) in [5, 5.41) is 12.2. The number of nitrogens with zero attached hydrogens (tertiary/aromatic N) is 4. The molecule has 1 aliphatic heterocycles. The first-order valence-corrected chi connectivity index (χ1v) is 12.4. The number of benzene rings is 1. The molecule has 6 nitrogen and oxygen atoms in total. The Hall–Kier alpha value is -2.22. The van der Waals surface area contributed by atoms with Crippen molar-refractivity contribution in [2.45, 2.75) is 30.7 Å². The highest BCUT2D eigenvalue weighted by Gasteiger charge is 2.28. The lowest BCUT2D eigenvalue weighted by Crippen LogP contribution is -2.42. The monoisotopic (exact) mass is 452 g/mol. The summed E-state index contributed by atoms with van der Waals surface area (Å²) < 4.78 is 5.40. The molecular formula is C25H32N4O2S. The first-order chi connectivity index (χ1) is 15.8. The molecule has 3 aromatic rings. The molecule has 1 aliphatic rings. The van der Waals surface area contributed by atoms with Gasteiger partial charge in [0, 0.05) is 49.4 Å². The van der Waals surface area contributed by atoms with E-state index in [1.54, 1.807) is 31.3 Å². The average Bonchev–Trinajstić information content (AvgIpc) is 2.85. The maximum atomic E-state index is 10.0. The Morgan fingerprint density at radius 1 is 1.16 bits per heavy atom. The number of hydrogen-bond acceptors (Lipinski definition) is 7. The van der Waals surface area contributed by atoms with Gasteiger partial charge in [-0.3, -0.25) is 9.97 Å². The molecule has 4 rings (SSSR count). The number of likely N-dealkylation sites (tertiary alicyclic amines) is 1. The molecule has 1 fully saturated rings. The van der Waals surface area contributed by atoms with Gasteiger partial charge in [-0.15, -0.1) is 11.8 Å². The van der Waals surface area contributed by atoms with Crippen LogP contribution < -0.4 is 4.74 Å². The van der Waals surface area contributed by atoms with Gasteiger partial charge in [0.25, 0.3) is 0 Å². The molecule has 0 amide bonds. The number of fused-ring (bicyclic) bond motifs is 1. The number of piperidine rings is 1. The lowest BCUT2D eigenvalue weighted by atomic mass is 9.82. The highest BCUT2D eigenvalue weighted by atomic mass is 32.2. The van der Waals surface area contributed by atoms with Crippen molar-refractivity contribution in [1.82, 2.24) is 19.9 Å². The molecule has 3 heterocycles. The second-order valence-electron chi connectivity index (χ2n) is 8.43. The van der Waals surface area contributed by atoms with E-state index in [0.29, 0.717) is 11.8 Å². The van der Waals surface area contributed by atoms with Crippen LogP contribution in [0.2, 0.25) is 0 Å². The predicted molar refractivity (Wildman–Crippen MR) is 129 cm³/mol. The Morgan fingerprint density at radius 3 is 2.91 bits per heavy atom. The minimum atomic E-state index is 0.272. The number of aliphatic hydroxyl groups excluding tert-OH is 1. The zero-order valence-electron chi connectivity index (χ0n) is 18.7. The molecule has 1 N–H and O–H groups in total. The molecule has 7 heteroatoms. The highest BCUT2D eigenvalue weighted by Crippen LogP contribution is 2.30. The molecule has 1 saturated heterocycles. The van der Waals surface area contributed by atoms with Crippen molar-refractivity contribution in [1.29, 1.82) is 0 Å². The lowest BCUT2D eigenvalue weighted by Gasteiger charge is -2.38. The van der Waals surface area contributed by atoms with Crippen molar-refractivity contribution in [2.75, 3.05) is 39.1 Å². The van der Waals surface area contributed by atoms with Gasteiger partial charge in [-0.1, -0.05) is 0 Å². The van der Waals surface area contributed by atoms with Crippen LogP contribution in [0, 0.1) is 11.8 Å². The number of aliphatic hydroxyl groups is 1. The minimum absolute atomic E-state index is 0.272. The number of rotatable bonds is 10. The van der Waals surface area contributed by atoms with Crippen LogP contribution in [-0.2, 0) is 6.42 Å². The van der Waals surface area contributed by atoms with E-state index in [0.717, 1.165) is 67.4 Å². The second-order valence-corrected chi connectivity index (χ2v) is 9.54. The highest BCUT2D eigenvalue weighted by molar-refractivity contribution is 7.99. The van der Waals surface area contributed by atoms with Gasteiger partial charge < -0.3 is 14.7 Å². The van der Waals surface area contributed by atoms with E-state index in [4.69, 9.17) is 4.74 Å². The quantitative estimate of drug-likeness (QED) is 0.465. The van der Waals surface area contributed by atoms with E-state index in [2.05, 4.69) is 32.0 Å². The number of aromatic nitrogens is 3. The van der Waals surface area contributed by atoms with Crippen LogP contribution in [-0.4, -0.2) is 64.1 Å². The van der Waals surface area contributed by atoms with Crippen molar-refractivity contribution in [3.63, 3.8) is 0 Å². The van der Waals surface area contributed by atoms with Crippen LogP contribution in [0.25, 0.3) is 10.9 Å². The van der Waals surface area contributed by atoms with Gasteiger partial charge in [-0.05, 0) is 73.9 Å². The minimum Gasteiger partial charge on any atom is -0.497 e. The second kappa shape index (κ2) is 11.6.